The number of fused-ring (bicyclic) bond motifs is 1. The summed E-state index contributed by atoms with van der Waals surface area (Å²) in [5, 5.41) is 19.8. The number of aromatic nitrogens is 2. The fourth-order valence-corrected chi connectivity index (χ4v) is 3.71. The van der Waals surface area contributed by atoms with Crippen LogP contribution in [0, 0.1) is 11.3 Å². The van der Waals surface area contributed by atoms with Gasteiger partial charge in [-0.25, -0.2) is 0 Å². The Kier molecular flexibility index (Phi) is 5.51. The van der Waals surface area contributed by atoms with Crippen LogP contribution >= 0.6 is 11.6 Å². The number of aliphatic hydroxyl groups is 1. The van der Waals surface area contributed by atoms with Crippen molar-refractivity contribution in [1.29, 1.82) is 0 Å². The standard InChI is InChI=1S/C18H27ClN2O/c1-5-7-13(8-6-2)18(3,4)17(22)15-10-14(19)9-12-11-20-21-16(12)15/h9-11,13,17,22H,5-8H2,1-4H3,(H,20,21). The molecule has 0 bridgehead atoms. The molecule has 122 valence electrons. The molecule has 0 radical (unpaired) electrons. The third-order valence-electron chi connectivity index (χ3n) is 4.87. The van der Waals surface area contributed by atoms with Crippen molar-refractivity contribution in [3.05, 3.63) is 28.9 Å². The van der Waals surface area contributed by atoms with Gasteiger partial charge in [0.1, 0.15) is 0 Å². The molecule has 0 aliphatic heterocycles. The number of H-pyrrole nitrogens is 1. The molecule has 22 heavy (non-hydrogen) atoms. The average Bonchev–Trinajstić information content (AvgIpc) is 2.93. The molecule has 0 spiro atoms. The summed E-state index contributed by atoms with van der Waals surface area (Å²) < 4.78 is 0. The summed E-state index contributed by atoms with van der Waals surface area (Å²) in [5.41, 5.74) is 1.52. The number of aliphatic hydroxyl groups excluding tert-OH is 1. The van der Waals surface area contributed by atoms with E-state index < -0.39 is 6.10 Å². The van der Waals surface area contributed by atoms with Gasteiger partial charge in [0.25, 0.3) is 0 Å². The van der Waals surface area contributed by atoms with E-state index >= 15 is 0 Å². The maximum Gasteiger partial charge on any atom is 0.0864 e. The third-order valence-corrected chi connectivity index (χ3v) is 5.09. The lowest BCUT2D eigenvalue weighted by molar-refractivity contribution is -0.00159. The van der Waals surface area contributed by atoms with Gasteiger partial charge in [-0.3, -0.25) is 5.10 Å². The van der Waals surface area contributed by atoms with Crippen LogP contribution in [0.5, 0.6) is 0 Å². The lowest BCUT2D eigenvalue weighted by atomic mass is 9.68. The molecule has 0 aliphatic rings. The largest absolute Gasteiger partial charge is 0.388 e. The monoisotopic (exact) mass is 322 g/mol. The van der Waals surface area contributed by atoms with Crippen LogP contribution in [0.2, 0.25) is 5.02 Å². The highest BCUT2D eigenvalue weighted by atomic mass is 35.5. The van der Waals surface area contributed by atoms with Crippen LogP contribution in [0.25, 0.3) is 10.9 Å². The zero-order valence-electron chi connectivity index (χ0n) is 14.0. The first-order valence-corrected chi connectivity index (χ1v) is 8.60. The number of halogens is 1. The Labute approximate surface area is 138 Å². The fraction of sp³-hybridized carbons (Fsp3) is 0.611. The zero-order chi connectivity index (χ0) is 16.3. The quantitative estimate of drug-likeness (QED) is 0.707. The SMILES string of the molecule is CCCC(CCC)C(C)(C)C(O)c1cc(Cl)cc2cn[nH]c12. The Balaban J connectivity index is 2.42. The molecule has 0 amide bonds. The van der Waals surface area contributed by atoms with Gasteiger partial charge in [0.2, 0.25) is 0 Å². The first kappa shape index (κ1) is 17.3. The van der Waals surface area contributed by atoms with Crippen LogP contribution < -0.4 is 0 Å². The van der Waals surface area contributed by atoms with Gasteiger partial charge in [-0.15, -0.1) is 0 Å². The van der Waals surface area contributed by atoms with Crippen LogP contribution in [0.4, 0.5) is 0 Å². The molecule has 1 heterocycles. The van der Waals surface area contributed by atoms with E-state index in [-0.39, 0.29) is 5.41 Å². The molecule has 0 saturated heterocycles. The van der Waals surface area contributed by atoms with Gasteiger partial charge in [-0.05, 0) is 23.5 Å². The third kappa shape index (κ3) is 3.31. The van der Waals surface area contributed by atoms with Crippen molar-refractivity contribution in [2.24, 2.45) is 11.3 Å². The Bertz CT molecular complexity index is 615. The van der Waals surface area contributed by atoms with Crippen molar-refractivity contribution in [2.45, 2.75) is 59.5 Å². The first-order valence-electron chi connectivity index (χ1n) is 8.22. The van der Waals surface area contributed by atoms with E-state index in [1.54, 1.807) is 6.20 Å². The maximum absolute atomic E-state index is 11.1. The van der Waals surface area contributed by atoms with Gasteiger partial charge in [0, 0.05) is 16.0 Å². The highest BCUT2D eigenvalue weighted by Gasteiger charge is 2.37. The van der Waals surface area contributed by atoms with Crippen molar-refractivity contribution in [3.8, 4) is 0 Å². The van der Waals surface area contributed by atoms with Gasteiger partial charge >= 0.3 is 0 Å². The number of nitrogens with zero attached hydrogens (tertiary/aromatic N) is 1. The minimum absolute atomic E-state index is 0.214. The van der Waals surface area contributed by atoms with Crippen LogP contribution in [0.15, 0.2) is 18.3 Å². The van der Waals surface area contributed by atoms with E-state index in [1.165, 1.54) is 0 Å². The van der Waals surface area contributed by atoms with Gasteiger partial charge in [0.05, 0.1) is 17.8 Å². The predicted molar refractivity (Wildman–Crippen MR) is 93.2 cm³/mol. The molecular formula is C18H27ClN2O. The molecule has 1 aromatic carbocycles. The van der Waals surface area contributed by atoms with E-state index in [9.17, 15) is 5.11 Å². The fourth-order valence-electron chi connectivity index (χ4n) is 3.47. The zero-order valence-corrected chi connectivity index (χ0v) is 14.7. The van der Waals surface area contributed by atoms with Crippen molar-refractivity contribution in [3.63, 3.8) is 0 Å². The minimum atomic E-state index is -0.572. The summed E-state index contributed by atoms with van der Waals surface area (Å²) in [6.45, 7) is 8.74. The molecule has 4 heteroatoms. The van der Waals surface area contributed by atoms with Crippen molar-refractivity contribution in [2.75, 3.05) is 0 Å². The average molecular weight is 323 g/mol. The summed E-state index contributed by atoms with van der Waals surface area (Å²) in [6, 6.07) is 3.74. The topological polar surface area (TPSA) is 48.9 Å². The maximum atomic E-state index is 11.1. The molecule has 1 unspecified atom stereocenters. The van der Waals surface area contributed by atoms with E-state index in [0.717, 1.165) is 42.1 Å². The second kappa shape index (κ2) is 7.01. The number of aromatic amines is 1. The van der Waals surface area contributed by atoms with Crippen molar-refractivity contribution < 1.29 is 5.11 Å². The van der Waals surface area contributed by atoms with Gasteiger partial charge < -0.3 is 5.11 Å². The van der Waals surface area contributed by atoms with Gasteiger partial charge in [-0.1, -0.05) is 65.0 Å². The summed E-state index contributed by atoms with van der Waals surface area (Å²) >= 11 is 6.22. The first-order chi connectivity index (χ1) is 10.4. The Morgan fingerprint density at radius 3 is 2.45 bits per heavy atom. The molecule has 2 rings (SSSR count). The molecule has 0 fully saturated rings. The van der Waals surface area contributed by atoms with Crippen LogP contribution in [-0.4, -0.2) is 15.3 Å². The second-order valence-corrected chi connectivity index (χ2v) is 7.26. The van der Waals surface area contributed by atoms with Gasteiger partial charge in [-0.2, -0.15) is 5.10 Å². The molecule has 1 aromatic heterocycles. The highest BCUT2D eigenvalue weighted by Crippen LogP contribution is 2.45. The molecule has 1 atom stereocenters. The van der Waals surface area contributed by atoms with Gasteiger partial charge in [0.15, 0.2) is 0 Å². The van der Waals surface area contributed by atoms with E-state index in [4.69, 9.17) is 11.6 Å². The number of benzene rings is 1. The van der Waals surface area contributed by atoms with Crippen LogP contribution in [-0.2, 0) is 0 Å². The Morgan fingerprint density at radius 1 is 1.23 bits per heavy atom. The number of rotatable bonds is 7. The lowest BCUT2D eigenvalue weighted by Crippen LogP contribution is -2.31. The normalized spacial score (nSPS) is 14.0. The van der Waals surface area contributed by atoms with Crippen LogP contribution in [0.1, 0.15) is 65.0 Å². The number of hydrogen-bond donors (Lipinski definition) is 2. The summed E-state index contributed by atoms with van der Waals surface area (Å²) in [7, 11) is 0. The van der Waals surface area contributed by atoms with E-state index in [1.807, 2.05) is 12.1 Å². The molecule has 3 nitrogen and oxygen atoms in total. The molecule has 2 aromatic rings. The Hall–Kier alpha value is -1.06. The number of hydrogen-bond acceptors (Lipinski definition) is 2. The smallest absolute Gasteiger partial charge is 0.0864 e. The van der Waals surface area contributed by atoms with Crippen molar-refractivity contribution in [1.82, 2.24) is 10.2 Å². The summed E-state index contributed by atoms with van der Waals surface area (Å²) in [6.07, 6.45) is 5.71. The van der Waals surface area contributed by atoms with Crippen molar-refractivity contribution >= 4 is 22.5 Å². The highest BCUT2D eigenvalue weighted by molar-refractivity contribution is 6.31. The van der Waals surface area contributed by atoms with E-state index in [0.29, 0.717) is 10.9 Å². The molecule has 0 saturated carbocycles. The predicted octanol–water partition coefficient (Wildman–Crippen LogP) is 5.49. The summed E-state index contributed by atoms with van der Waals surface area (Å²) in [4.78, 5) is 0. The minimum Gasteiger partial charge on any atom is -0.388 e. The Morgan fingerprint density at radius 2 is 1.86 bits per heavy atom. The lowest BCUT2D eigenvalue weighted by Gasteiger charge is -2.39. The summed E-state index contributed by atoms with van der Waals surface area (Å²) in [5.74, 6) is 0.481. The molecular weight excluding hydrogens is 296 g/mol. The van der Waals surface area contributed by atoms with E-state index in [2.05, 4.69) is 37.9 Å². The molecule has 0 aliphatic carbocycles. The number of nitrogens with one attached hydrogen (secondary N) is 1. The van der Waals surface area contributed by atoms with Crippen LogP contribution in [0.3, 0.4) is 0 Å². The second-order valence-electron chi connectivity index (χ2n) is 6.83. The molecule has 2 N–H and O–H groups in total.